The van der Waals surface area contributed by atoms with Gasteiger partial charge >= 0.3 is 0 Å². The van der Waals surface area contributed by atoms with E-state index in [1.807, 2.05) is 0 Å². The maximum atomic E-state index is 4.72. The molecule has 0 radical (unpaired) electrons. The molecule has 0 bridgehead atoms. The smallest absolute Gasteiger partial charge is 0.126 e. The Morgan fingerprint density at radius 1 is 1.06 bits per heavy atom. The number of hydrogen-bond donors (Lipinski definition) is 1. The molecule has 2 aliphatic carbocycles. The topological polar surface area (TPSA) is 24.9 Å². The SMILES string of the molecule is c1cc2c(nc1NCCC1CCCCC1)CCC2. The summed E-state index contributed by atoms with van der Waals surface area (Å²) in [6.07, 6.45) is 12.2. The Kier molecular flexibility index (Phi) is 3.82. The van der Waals surface area contributed by atoms with Crippen LogP contribution in [0.5, 0.6) is 0 Å². The van der Waals surface area contributed by atoms with Crippen LogP contribution in [0.25, 0.3) is 0 Å². The Hall–Kier alpha value is -1.05. The fourth-order valence-electron chi connectivity index (χ4n) is 3.40. The summed E-state index contributed by atoms with van der Waals surface area (Å²) in [7, 11) is 0. The average molecular weight is 244 g/mol. The zero-order valence-electron chi connectivity index (χ0n) is 11.3. The molecule has 3 rings (SSSR count). The summed E-state index contributed by atoms with van der Waals surface area (Å²) in [5.74, 6) is 2.05. The van der Waals surface area contributed by atoms with Crippen molar-refractivity contribution in [3.05, 3.63) is 23.4 Å². The maximum Gasteiger partial charge on any atom is 0.126 e. The van der Waals surface area contributed by atoms with Crippen molar-refractivity contribution >= 4 is 5.82 Å². The molecule has 0 spiro atoms. The number of rotatable bonds is 4. The predicted molar refractivity (Wildman–Crippen MR) is 75.9 cm³/mol. The van der Waals surface area contributed by atoms with Crippen LogP contribution in [0.15, 0.2) is 12.1 Å². The summed E-state index contributed by atoms with van der Waals surface area (Å²) in [5, 5.41) is 3.51. The molecule has 2 heteroatoms. The molecule has 1 fully saturated rings. The van der Waals surface area contributed by atoms with Gasteiger partial charge in [0, 0.05) is 12.2 Å². The molecule has 1 aromatic heterocycles. The number of nitrogens with zero attached hydrogens (tertiary/aromatic N) is 1. The molecule has 2 nitrogen and oxygen atoms in total. The van der Waals surface area contributed by atoms with Gasteiger partial charge in [0.1, 0.15) is 5.82 Å². The zero-order valence-corrected chi connectivity index (χ0v) is 11.3. The summed E-state index contributed by atoms with van der Waals surface area (Å²) in [5.41, 5.74) is 2.80. The van der Waals surface area contributed by atoms with Crippen LogP contribution in [0.1, 0.15) is 56.2 Å². The molecule has 98 valence electrons. The number of fused-ring (bicyclic) bond motifs is 1. The van der Waals surface area contributed by atoms with Crippen LogP contribution in [0.2, 0.25) is 0 Å². The second-order valence-electron chi connectivity index (χ2n) is 5.88. The lowest BCUT2D eigenvalue weighted by Crippen LogP contribution is -2.12. The Balaban J connectivity index is 1.48. The van der Waals surface area contributed by atoms with Crippen LogP contribution < -0.4 is 5.32 Å². The van der Waals surface area contributed by atoms with Gasteiger partial charge in [-0.1, -0.05) is 38.2 Å². The Labute approximate surface area is 110 Å². The molecule has 18 heavy (non-hydrogen) atoms. The Morgan fingerprint density at radius 2 is 1.94 bits per heavy atom. The quantitative estimate of drug-likeness (QED) is 0.867. The van der Waals surface area contributed by atoms with E-state index in [2.05, 4.69) is 17.4 Å². The van der Waals surface area contributed by atoms with Crippen LogP contribution >= 0.6 is 0 Å². The van der Waals surface area contributed by atoms with Gasteiger partial charge in [0.2, 0.25) is 0 Å². The van der Waals surface area contributed by atoms with Crippen LogP contribution in [0, 0.1) is 5.92 Å². The molecule has 1 N–H and O–H groups in total. The van der Waals surface area contributed by atoms with Gasteiger partial charge in [0.15, 0.2) is 0 Å². The van der Waals surface area contributed by atoms with E-state index in [0.29, 0.717) is 0 Å². The minimum absolute atomic E-state index is 0.959. The highest BCUT2D eigenvalue weighted by Gasteiger charge is 2.14. The highest BCUT2D eigenvalue weighted by molar-refractivity contribution is 5.40. The molecule has 0 amide bonds. The number of aryl methyl sites for hydroxylation is 2. The van der Waals surface area contributed by atoms with Gasteiger partial charge in [-0.2, -0.15) is 0 Å². The first kappa shape index (κ1) is 12.0. The minimum atomic E-state index is 0.959. The number of aromatic nitrogens is 1. The van der Waals surface area contributed by atoms with Gasteiger partial charge in [-0.05, 0) is 43.2 Å². The molecule has 0 aliphatic heterocycles. The van der Waals surface area contributed by atoms with Crippen molar-refractivity contribution in [1.82, 2.24) is 4.98 Å². The average Bonchev–Trinajstić information content (AvgIpc) is 2.87. The molecular formula is C16H24N2. The first-order valence-electron chi connectivity index (χ1n) is 7.64. The van der Waals surface area contributed by atoms with Gasteiger partial charge in [-0.25, -0.2) is 4.98 Å². The third-order valence-corrected chi connectivity index (χ3v) is 4.51. The van der Waals surface area contributed by atoms with Gasteiger partial charge in [0.05, 0.1) is 0 Å². The van der Waals surface area contributed by atoms with Crippen molar-refractivity contribution in [3.63, 3.8) is 0 Å². The lowest BCUT2D eigenvalue weighted by Gasteiger charge is -2.21. The second-order valence-corrected chi connectivity index (χ2v) is 5.88. The van der Waals surface area contributed by atoms with Crippen molar-refractivity contribution in [2.45, 2.75) is 57.8 Å². The molecule has 1 saturated carbocycles. The van der Waals surface area contributed by atoms with Crippen LogP contribution in [0.4, 0.5) is 5.82 Å². The number of nitrogens with one attached hydrogen (secondary N) is 1. The van der Waals surface area contributed by atoms with E-state index < -0.39 is 0 Å². The maximum absolute atomic E-state index is 4.72. The largest absolute Gasteiger partial charge is 0.370 e. The van der Waals surface area contributed by atoms with Crippen molar-refractivity contribution in [3.8, 4) is 0 Å². The number of hydrogen-bond acceptors (Lipinski definition) is 2. The van der Waals surface area contributed by atoms with E-state index in [1.54, 1.807) is 0 Å². The summed E-state index contributed by atoms with van der Waals surface area (Å²) in [6.45, 7) is 1.09. The first-order valence-corrected chi connectivity index (χ1v) is 7.64. The van der Waals surface area contributed by atoms with Gasteiger partial charge in [-0.15, -0.1) is 0 Å². The summed E-state index contributed by atoms with van der Waals surface area (Å²) >= 11 is 0. The van der Waals surface area contributed by atoms with E-state index in [-0.39, 0.29) is 0 Å². The summed E-state index contributed by atoms with van der Waals surface area (Å²) in [4.78, 5) is 4.72. The molecule has 0 atom stereocenters. The fourth-order valence-corrected chi connectivity index (χ4v) is 3.40. The molecule has 1 aromatic rings. The number of anilines is 1. The van der Waals surface area contributed by atoms with Crippen molar-refractivity contribution in [2.75, 3.05) is 11.9 Å². The van der Waals surface area contributed by atoms with E-state index in [4.69, 9.17) is 4.98 Å². The molecule has 0 aromatic carbocycles. The van der Waals surface area contributed by atoms with E-state index >= 15 is 0 Å². The third-order valence-electron chi connectivity index (χ3n) is 4.51. The third kappa shape index (κ3) is 2.85. The molecule has 0 unspecified atom stereocenters. The van der Waals surface area contributed by atoms with Gasteiger partial charge in [0.25, 0.3) is 0 Å². The van der Waals surface area contributed by atoms with E-state index in [9.17, 15) is 0 Å². The molecule has 1 heterocycles. The van der Waals surface area contributed by atoms with Gasteiger partial charge < -0.3 is 5.32 Å². The first-order chi connectivity index (χ1) is 8.92. The number of pyridine rings is 1. The standard InChI is InChI=1S/C16H24N2/c1-2-5-13(6-3-1)11-12-17-16-10-9-14-7-4-8-15(14)18-16/h9-10,13H,1-8,11-12H2,(H,17,18). The second kappa shape index (κ2) is 5.73. The van der Waals surface area contributed by atoms with Gasteiger partial charge in [-0.3, -0.25) is 0 Å². The highest BCUT2D eigenvalue weighted by atomic mass is 15.0. The van der Waals surface area contributed by atoms with Crippen LogP contribution in [-0.2, 0) is 12.8 Å². The zero-order chi connectivity index (χ0) is 12.2. The Bertz CT molecular complexity index is 394. The molecule has 0 saturated heterocycles. The minimum Gasteiger partial charge on any atom is -0.370 e. The lowest BCUT2D eigenvalue weighted by molar-refractivity contribution is 0.345. The van der Waals surface area contributed by atoms with Crippen molar-refractivity contribution < 1.29 is 0 Å². The van der Waals surface area contributed by atoms with Crippen LogP contribution in [-0.4, -0.2) is 11.5 Å². The van der Waals surface area contributed by atoms with Crippen molar-refractivity contribution in [2.24, 2.45) is 5.92 Å². The predicted octanol–water partition coefficient (Wildman–Crippen LogP) is 3.95. The molecular weight excluding hydrogens is 220 g/mol. The Morgan fingerprint density at radius 3 is 2.83 bits per heavy atom. The van der Waals surface area contributed by atoms with Crippen LogP contribution in [0.3, 0.4) is 0 Å². The lowest BCUT2D eigenvalue weighted by atomic mass is 9.87. The summed E-state index contributed by atoms with van der Waals surface area (Å²) in [6, 6.07) is 4.42. The van der Waals surface area contributed by atoms with E-state index in [1.165, 1.54) is 69.0 Å². The van der Waals surface area contributed by atoms with Crippen molar-refractivity contribution in [1.29, 1.82) is 0 Å². The molecule has 2 aliphatic rings. The monoisotopic (exact) mass is 244 g/mol. The fraction of sp³-hybridized carbons (Fsp3) is 0.688. The van der Waals surface area contributed by atoms with E-state index in [0.717, 1.165) is 18.3 Å². The summed E-state index contributed by atoms with van der Waals surface area (Å²) < 4.78 is 0. The normalized spacial score (nSPS) is 19.8. The highest BCUT2D eigenvalue weighted by Crippen LogP contribution is 2.26.